The maximum Gasteiger partial charge on any atom is 0.257 e. The molecule has 5 heterocycles. The zero-order valence-corrected chi connectivity index (χ0v) is 39.1. The van der Waals surface area contributed by atoms with Crippen molar-refractivity contribution in [1.82, 2.24) is 4.57 Å². The molecule has 5 heteroatoms. The zero-order chi connectivity index (χ0) is 46.3. The number of aromatic nitrogens is 1. The summed E-state index contributed by atoms with van der Waals surface area (Å²) < 4.78 is 12.3. The van der Waals surface area contributed by atoms with Gasteiger partial charge in [-0.15, -0.1) is 11.3 Å². The van der Waals surface area contributed by atoms with Crippen molar-refractivity contribution in [3.63, 3.8) is 0 Å². The summed E-state index contributed by atoms with van der Waals surface area (Å²) in [7, 11) is 0. The van der Waals surface area contributed by atoms with E-state index in [2.05, 4.69) is 246 Å². The van der Waals surface area contributed by atoms with Crippen LogP contribution in [-0.4, -0.2) is 11.3 Å². The van der Waals surface area contributed by atoms with Gasteiger partial charge in [0.05, 0.1) is 16.7 Å². The van der Waals surface area contributed by atoms with E-state index in [1.807, 2.05) is 11.3 Å². The number of anilines is 3. The lowest BCUT2D eigenvalue weighted by molar-refractivity contribution is 0.671. The van der Waals surface area contributed by atoms with E-state index in [0.717, 1.165) is 33.3 Å². The predicted octanol–water partition coefficient (Wildman–Crippen LogP) is 16.3. The second kappa shape index (κ2) is 14.8. The minimum absolute atomic E-state index is 0.161. The molecule has 0 bridgehead atoms. The SMILES string of the molecule is c1ccc(-c2ccc(-c3ccccc3)c(N3c4cc5c(cc4B4c6c3cc(-c3ccccc3)cc6-n3c6ccccc6c6cc7c(oc8ccccc87)c4c63)sc3ccc(-c4ccccc4)cc35)c2)cc1. The number of para-hydroxylation sites is 2. The van der Waals surface area contributed by atoms with Gasteiger partial charge in [-0.1, -0.05) is 176 Å². The highest BCUT2D eigenvalue weighted by atomic mass is 32.1. The van der Waals surface area contributed by atoms with E-state index in [9.17, 15) is 0 Å². The number of rotatable bonds is 5. The highest BCUT2D eigenvalue weighted by Gasteiger charge is 2.45. The molecule has 14 aromatic rings. The van der Waals surface area contributed by atoms with Crippen molar-refractivity contribution in [2.24, 2.45) is 0 Å². The summed E-state index contributed by atoms with van der Waals surface area (Å²) >= 11 is 1.89. The molecule has 2 aliphatic rings. The first-order valence-corrected chi connectivity index (χ1v) is 25.3. The van der Waals surface area contributed by atoms with E-state index in [-0.39, 0.29) is 6.71 Å². The van der Waals surface area contributed by atoms with E-state index in [4.69, 9.17) is 4.42 Å². The minimum Gasteiger partial charge on any atom is -0.457 e. The molecule has 0 radical (unpaired) electrons. The first-order valence-electron chi connectivity index (χ1n) is 24.4. The van der Waals surface area contributed by atoms with E-state index in [1.165, 1.54) is 114 Å². The second-order valence-electron chi connectivity index (χ2n) is 19.1. The van der Waals surface area contributed by atoms with Crippen LogP contribution in [0.4, 0.5) is 17.1 Å². The Labute approximate surface area is 413 Å². The third-order valence-electron chi connectivity index (χ3n) is 15.3. The van der Waals surface area contributed by atoms with Crippen LogP contribution in [0.1, 0.15) is 0 Å². The van der Waals surface area contributed by atoms with E-state index in [1.54, 1.807) is 0 Å². The average Bonchev–Trinajstić information content (AvgIpc) is 4.11. The molecule has 3 aromatic heterocycles. The molecule has 2 aliphatic heterocycles. The molecule has 16 rings (SSSR count). The molecular formula is C66H39BN2OS. The number of fused-ring (bicyclic) bond motifs is 14. The average molecular weight is 919 g/mol. The van der Waals surface area contributed by atoms with Gasteiger partial charge in [0.1, 0.15) is 11.2 Å². The second-order valence-corrected chi connectivity index (χ2v) is 20.2. The molecule has 11 aromatic carbocycles. The number of thiophene rings is 1. The van der Waals surface area contributed by atoms with Crippen LogP contribution in [0.15, 0.2) is 241 Å². The fraction of sp³-hybridized carbons (Fsp3) is 0. The van der Waals surface area contributed by atoms with Crippen molar-refractivity contribution in [1.29, 1.82) is 0 Å². The first-order chi connectivity index (χ1) is 35.2. The fourth-order valence-corrected chi connectivity index (χ4v) is 13.4. The van der Waals surface area contributed by atoms with Crippen LogP contribution in [0.25, 0.3) is 114 Å². The molecule has 0 fully saturated rings. The van der Waals surface area contributed by atoms with Crippen molar-refractivity contribution >= 4 is 115 Å². The summed E-state index contributed by atoms with van der Waals surface area (Å²) in [4.78, 5) is 2.63. The first kappa shape index (κ1) is 39.0. The Morgan fingerprint density at radius 2 is 0.944 bits per heavy atom. The third-order valence-corrected chi connectivity index (χ3v) is 16.5. The molecular weight excluding hydrogens is 880 g/mol. The van der Waals surface area contributed by atoms with Crippen LogP contribution in [0.2, 0.25) is 0 Å². The molecule has 0 saturated heterocycles. The van der Waals surface area contributed by atoms with Gasteiger partial charge in [-0.2, -0.15) is 0 Å². The van der Waals surface area contributed by atoms with Crippen molar-refractivity contribution in [3.05, 3.63) is 237 Å². The molecule has 3 nitrogen and oxygen atoms in total. The van der Waals surface area contributed by atoms with Gasteiger partial charge in [0.15, 0.2) is 0 Å². The topological polar surface area (TPSA) is 21.3 Å². The molecule has 0 atom stereocenters. The Morgan fingerprint density at radius 1 is 0.352 bits per heavy atom. The number of hydrogen-bond donors (Lipinski definition) is 0. The van der Waals surface area contributed by atoms with Crippen LogP contribution in [0, 0.1) is 0 Å². The lowest BCUT2D eigenvalue weighted by Gasteiger charge is -2.41. The van der Waals surface area contributed by atoms with Crippen molar-refractivity contribution < 1.29 is 4.42 Å². The normalized spacial score (nSPS) is 12.7. The van der Waals surface area contributed by atoms with Gasteiger partial charge in [0.25, 0.3) is 6.71 Å². The van der Waals surface area contributed by atoms with Crippen molar-refractivity contribution in [3.8, 4) is 50.2 Å². The summed E-state index contributed by atoms with van der Waals surface area (Å²) in [5, 5.41) is 7.30. The van der Waals surface area contributed by atoms with Gasteiger partial charge in [-0.05, 0) is 116 Å². The maximum atomic E-state index is 7.21. The summed E-state index contributed by atoms with van der Waals surface area (Å²) in [6.45, 7) is -0.161. The van der Waals surface area contributed by atoms with Gasteiger partial charge < -0.3 is 13.9 Å². The summed E-state index contributed by atoms with van der Waals surface area (Å²) in [5.74, 6) is 0. The quantitative estimate of drug-likeness (QED) is 0.160. The standard InChI is InChI=1S/C66H39BN2OS/c1-5-17-40(18-6-1)44-30-32-61-50(33-44)51-38-57-54(39-62(51)71-61)67-63-58(68(57)56-34-45(41-19-7-2-8-20-41)29-31-47(56)43-23-11-4-12-24-43)35-46(42-21-9-3-10-22-42)36-59(63)69-55-27-15-13-25-48(55)52-37-53-49-26-14-16-28-60(49)70-66(53)64(67)65(52)69/h1-39H. The Morgan fingerprint density at radius 3 is 1.69 bits per heavy atom. The maximum absolute atomic E-state index is 7.21. The fourth-order valence-electron chi connectivity index (χ4n) is 12.2. The molecule has 328 valence electrons. The summed E-state index contributed by atoms with van der Waals surface area (Å²) in [6, 6.07) is 87.5. The molecule has 0 spiro atoms. The monoisotopic (exact) mass is 918 g/mol. The summed E-state index contributed by atoms with van der Waals surface area (Å²) in [5.41, 5.74) is 22.1. The Balaban J connectivity index is 1.10. The largest absolute Gasteiger partial charge is 0.457 e. The van der Waals surface area contributed by atoms with E-state index in [0.29, 0.717) is 0 Å². The summed E-state index contributed by atoms with van der Waals surface area (Å²) in [6.07, 6.45) is 0. The lowest BCUT2D eigenvalue weighted by Crippen LogP contribution is -2.60. The van der Waals surface area contributed by atoms with Gasteiger partial charge in [-0.3, -0.25) is 0 Å². The molecule has 0 N–H and O–H groups in total. The minimum atomic E-state index is -0.161. The van der Waals surface area contributed by atoms with Crippen LogP contribution in [0.3, 0.4) is 0 Å². The third kappa shape index (κ3) is 5.61. The lowest BCUT2D eigenvalue weighted by atomic mass is 9.33. The number of benzene rings is 11. The van der Waals surface area contributed by atoms with Crippen LogP contribution in [-0.2, 0) is 0 Å². The molecule has 71 heavy (non-hydrogen) atoms. The Kier molecular flexibility index (Phi) is 8.13. The highest BCUT2D eigenvalue weighted by molar-refractivity contribution is 7.26. The molecule has 0 saturated carbocycles. The van der Waals surface area contributed by atoms with Crippen LogP contribution in [0.5, 0.6) is 0 Å². The molecule has 0 unspecified atom stereocenters. The van der Waals surface area contributed by atoms with Gasteiger partial charge in [-0.25, -0.2) is 0 Å². The van der Waals surface area contributed by atoms with Crippen LogP contribution < -0.4 is 21.3 Å². The van der Waals surface area contributed by atoms with Gasteiger partial charge >= 0.3 is 0 Å². The molecule has 0 amide bonds. The zero-order valence-electron chi connectivity index (χ0n) is 38.3. The highest BCUT2D eigenvalue weighted by Crippen LogP contribution is 2.50. The van der Waals surface area contributed by atoms with Crippen molar-refractivity contribution in [2.75, 3.05) is 4.90 Å². The van der Waals surface area contributed by atoms with E-state index >= 15 is 0 Å². The van der Waals surface area contributed by atoms with E-state index < -0.39 is 0 Å². The number of hydrogen-bond acceptors (Lipinski definition) is 3. The van der Waals surface area contributed by atoms with Gasteiger partial charge in [0.2, 0.25) is 0 Å². The number of furan rings is 1. The Hall–Kier alpha value is -8.90. The smallest absolute Gasteiger partial charge is 0.257 e. The van der Waals surface area contributed by atoms with Crippen molar-refractivity contribution in [2.45, 2.75) is 0 Å². The predicted molar refractivity (Wildman–Crippen MR) is 302 cm³/mol. The van der Waals surface area contributed by atoms with Crippen LogP contribution >= 0.6 is 11.3 Å². The molecule has 0 aliphatic carbocycles. The van der Waals surface area contributed by atoms with Gasteiger partial charge in [0, 0.05) is 64.3 Å². The Bertz CT molecular complexity index is 4520. The number of nitrogens with zero attached hydrogens (tertiary/aromatic N) is 2.